The predicted octanol–water partition coefficient (Wildman–Crippen LogP) is 1.41. The second kappa shape index (κ2) is 5.38. The zero-order valence-corrected chi connectivity index (χ0v) is 10.8. The first-order chi connectivity index (χ1) is 7.76. The molecule has 17 heavy (non-hydrogen) atoms. The summed E-state index contributed by atoms with van der Waals surface area (Å²) in [4.78, 5) is 22.0. The van der Waals surface area contributed by atoms with E-state index < -0.39 is 5.60 Å². The van der Waals surface area contributed by atoms with Gasteiger partial charge in [-0.05, 0) is 45.4 Å². The van der Waals surface area contributed by atoms with Gasteiger partial charge in [0, 0.05) is 13.0 Å². The van der Waals surface area contributed by atoms with Gasteiger partial charge in [0.05, 0.1) is 0 Å². The Balaban J connectivity index is 2.10. The van der Waals surface area contributed by atoms with Gasteiger partial charge in [-0.15, -0.1) is 0 Å². The number of carbonyl (C=O) groups is 2. The fourth-order valence-corrected chi connectivity index (χ4v) is 2.03. The molecule has 2 amide bonds. The Labute approximate surface area is 102 Å². The van der Waals surface area contributed by atoms with E-state index in [0.29, 0.717) is 24.8 Å². The van der Waals surface area contributed by atoms with Crippen molar-refractivity contribution >= 4 is 12.0 Å². The summed E-state index contributed by atoms with van der Waals surface area (Å²) in [5, 5.41) is 2.74. The molecule has 98 valence electrons. The zero-order chi connectivity index (χ0) is 13.1. The van der Waals surface area contributed by atoms with E-state index >= 15 is 0 Å². The molecule has 1 saturated carbocycles. The van der Waals surface area contributed by atoms with E-state index in [1.165, 1.54) is 0 Å². The monoisotopic (exact) mass is 242 g/mol. The van der Waals surface area contributed by atoms with Crippen LogP contribution in [-0.4, -0.2) is 24.1 Å². The number of primary amides is 1. The highest BCUT2D eigenvalue weighted by molar-refractivity contribution is 5.74. The van der Waals surface area contributed by atoms with Crippen LogP contribution in [0, 0.1) is 11.8 Å². The SMILES string of the molecule is CC(C)(C)OC(=O)NCC1CC(CC(N)=O)C1. The van der Waals surface area contributed by atoms with E-state index in [1.54, 1.807) is 0 Å². The van der Waals surface area contributed by atoms with Crippen LogP contribution in [0.3, 0.4) is 0 Å². The molecule has 0 atom stereocenters. The number of ether oxygens (including phenoxy) is 1. The molecule has 3 N–H and O–H groups in total. The van der Waals surface area contributed by atoms with Crippen molar-refractivity contribution in [1.82, 2.24) is 5.32 Å². The van der Waals surface area contributed by atoms with Crippen LogP contribution in [0.15, 0.2) is 0 Å². The highest BCUT2D eigenvalue weighted by Gasteiger charge is 2.30. The number of hydrogen-bond acceptors (Lipinski definition) is 3. The average molecular weight is 242 g/mol. The van der Waals surface area contributed by atoms with Gasteiger partial charge in [0.2, 0.25) is 5.91 Å². The molecule has 0 heterocycles. The number of rotatable bonds is 4. The quantitative estimate of drug-likeness (QED) is 0.782. The molecule has 0 aliphatic heterocycles. The molecule has 1 aliphatic carbocycles. The van der Waals surface area contributed by atoms with Crippen molar-refractivity contribution in [3.63, 3.8) is 0 Å². The zero-order valence-electron chi connectivity index (χ0n) is 10.8. The lowest BCUT2D eigenvalue weighted by atomic mass is 9.73. The third-order valence-corrected chi connectivity index (χ3v) is 2.76. The van der Waals surface area contributed by atoms with Crippen LogP contribution in [0.1, 0.15) is 40.0 Å². The molecule has 0 aromatic rings. The Morgan fingerprint density at radius 1 is 1.29 bits per heavy atom. The van der Waals surface area contributed by atoms with Crippen LogP contribution in [0.4, 0.5) is 4.79 Å². The molecule has 0 radical (unpaired) electrons. The summed E-state index contributed by atoms with van der Waals surface area (Å²) in [6, 6.07) is 0. The van der Waals surface area contributed by atoms with Crippen LogP contribution >= 0.6 is 0 Å². The number of hydrogen-bond donors (Lipinski definition) is 2. The van der Waals surface area contributed by atoms with Crippen LogP contribution in [-0.2, 0) is 9.53 Å². The molecule has 0 bridgehead atoms. The largest absolute Gasteiger partial charge is 0.444 e. The van der Waals surface area contributed by atoms with Crippen molar-refractivity contribution in [2.45, 2.75) is 45.6 Å². The molecule has 1 fully saturated rings. The number of alkyl carbamates (subject to hydrolysis) is 1. The second-order valence-corrected chi connectivity index (χ2v) is 5.76. The standard InChI is InChI=1S/C12H22N2O3/c1-12(2,3)17-11(16)14-7-9-4-8(5-9)6-10(13)15/h8-9H,4-7H2,1-3H3,(H2,13,15)(H,14,16). The molecule has 5 nitrogen and oxygen atoms in total. The summed E-state index contributed by atoms with van der Waals surface area (Å²) in [6.07, 6.45) is 2.00. The van der Waals surface area contributed by atoms with Crippen LogP contribution < -0.4 is 11.1 Å². The minimum atomic E-state index is -0.460. The first kappa shape index (κ1) is 13.8. The molecular formula is C12H22N2O3. The number of carbonyl (C=O) groups excluding carboxylic acids is 2. The number of amides is 2. The molecule has 0 aromatic heterocycles. The number of nitrogens with one attached hydrogen (secondary N) is 1. The van der Waals surface area contributed by atoms with E-state index in [2.05, 4.69) is 5.32 Å². The predicted molar refractivity (Wildman–Crippen MR) is 64.3 cm³/mol. The van der Waals surface area contributed by atoms with Crippen molar-refractivity contribution in [2.24, 2.45) is 17.6 Å². The van der Waals surface area contributed by atoms with Gasteiger partial charge < -0.3 is 15.8 Å². The Bertz CT molecular complexity index is 291. The highest BCUT2D eigenvalue weighted by atomic mass is 16.6. The molecule has 1 aliphatic rings. The van der Waals surface area contributed by atoms with E-state index in [-0.39, 0.29) is 12.0 Å². The third-order valence-electron chi connectivity index (χ3n) is 2.76. The van der Waals surface area contributed by atoms with E-state index in [9.17, 15) is 9.59 Å². The van der Waals surface area contributed by atoms with Crippen molar-refractivity contribution in [3.8, 4) is 0 Å². The van der Waals surface area contributed by atoms with Crippen LogP contribution in [0.25, 0.3) is 0 Å². The fraction of sp³-hybridized carbons (Fsp3) is 0.833. The van der Waals surface area contributed by atoms with Gasteiger partial charge in [-0.3, -0.25) is 4.79 Å². The fourth-order valence-electron chi connectivity index (χ4n) is 2.03. The minimum Gasteiger partial charge on any atom is -0.444 e. The summed E-state index contributed by atoms with van der Waals surface area (Å²) in [5.74, 6) is 0.610. The first-order valence-corrected chi connectivity index (χ1v) is 6.01. The summed E-state index contributed by atoms with van der Waals surface area (Å²) in [5.41, 5.74) is 4.65. The molecule has 0 aromatic carbocycles. The summed E-state index contributed by atoms with van der Waals surface area (Å²) in [6.45, 7) is 6.11. The topological polar surface area (TPSA) is 81.4 Å². The van der Waals surface area contributed by atoms with Crippen molar-refractivity contribution < 1.29 is 14.3 Å². The number of nitrogens with two attached hydrogens (primary N) is 1. The normalized spacial score (nSPS) is 23.7. The van der Waals surface area contributed by atoms with Crippen molar-refractivity contribution in [2.75, 3.05) is 6.54 Å². The molecule has 5 heteroatoms. The van der Waals surface area contributed by atoms with E-state index in [0.717, 1.165) is 12.8 Å². The van der Waals surface area contributed by atoms with Crippen LogP contribution in [0.2, 0.25) is 0 Å². The summed E-state index contributed by atoms with van der Waals surface area (Å²) in [7, 11) is 0. The second-order valence-electron chi connectivity index (χ2n) is 5.76. The van der Waals surface area contributed by atoms with Gasteiger partial charge in [0.1, 0.15) is 5.60 Å². The molecule has 0 unspecified atom stereocenters. The van der Waals surface area contributed by atoms with Gasteiger partial charge in [-0.1, -0.05) is 0 Å². The molecular weight excluding hydrogens is 220 g/mol. The van der Waals surface area contributed by atoms with E-state index in [4.69, 9.17) is 10.5 Å². The lowest BCUT2D eigenvalue weighted by molar-refractivity contribution is -0.119. The van der Waals surface area contributed by atoms with Crippen LogP contribution in [0.5, 0.6) is 0 Å². The van der Waals surface area contributed by atoms with Gasteiger partial charge in [-0.2, -0.15) is 0 Å². The van der Waals surface area contributed by atoms with Gasteiger partial charge in [0.15, 0.2) is 0 Å². The third kappa shape index (κ3) is 5.56. The van der Waals surface area contributed by atoms with E-state index in [1.807, 2.05) is 20.8 Å². The van der Waals surface area contributed by atoms with Crippen molar-refractivity contribution in [3.05, 3.63) is 0 Å². The lowest BCUT2D eigenvalue weighted by Crippen LogP contribution is -2.39. The Hall–Kier alpha value is -1.26. The Morgan fingerprint density at radius 2 is 1.88 bits per heavy atom. The van der Waals surface area contributed by atoms with Gasteiger partial charge >= 0.3 is 6.09 Å². The Morgan fingerprint density at radius 3 is 2.35 bits per heavy atom. The van der Waals surface area contributed by atoms with Gasteiger partial charge in [-0.25, -0.2) is 4.79 Å². The maximum Gasteiger partial charge on any atom is 0.407 e. The minimum absolute atomic E-state index is 0.242. The summed E-state index contributed by atoms with van der Waals surface area (Å²) >= 11 is 0. The molecule has 0 spiro atoms. The van der Waals surface area contributed by atoms with Gasteiger partial charge in [0.25, 0.3) is 0 Å². The van der Waals surface area contributed by atoms with Crippen molar-refractivity contribution in [1.29, 1.82) is 0 Å². The molecule has 0 saturated heterocycles. The maximum absolute atomic E-state index is 11.4. The lowest BCUT2D eigenvalue weighted by Gasteiger charge is -2.34. The maximum atomic E-state index is 11.4. The first-order valence-electron chi connectivity index (χ1n) is 6.01. The Kier molecular flexibility index (Phi) is 4.37. The molecule has 1 rings (SSSR count). The smallest absolute Gasteiger partial charge is 0.407 e. The highest BCUT2D eigenvalue weighted by Crippen LogP contribution is 2.35. The summed E-state index contributed by atoms with van der Waals surface area (Å²) < 4.78 is 5.12. The average Bonchev–Trinajstić information content (AvgIpc) is 2.04.